The zero-order valence-corrected chi connectivity index (χ0v) is 13.7. The number of rotatable bonds is 3. The molecule has 4 amide bonds. The summed E-state index contributed by atoms with van der Waals surface area (Å²) in [5.74, 6) is -1.59. The quantitative estimate of drug-likeness (QED) is 0.706. The Morgan fingerprint density at radius 1 is 1.16 bits per heavy atom. The van der Waals surface area contributed by atoms with Crippen LogP contribution in [-0.2, 0) is 14.4 Å². The number of primary amides is 1. The van der Waals surface area contributed by atoms with Gasteiger partial charge in [-0.25, -0.2) is 0 Å². The van der Waals surface area contributed by atoms with Crippen LogP contribution in [0.15, 0.2) is 24.3 Å². The molecule has 0 unspecified atom stereocenters. The van der Waals surface area contributed by atoms with Crippen molar-refractivity contribution in [2.24, 2.45) is 11.7 Å². The van der Waals surface area contributed by atoms with Crippen molar-refractivity contribution in [3.05, 3.63) is 29.8 Å². The highest BCUT2D eigenvalue weighted by molar-refractivity contribution is 6.10. The van der Waals surface area contributed by atoms with E-state index < -0.39 is 11.9 Å². The van der Waals surface area contributed by atoms with Gasteiger partial charge < -0.3 is 21.3 Å². The van der Waals surface area contributed by atoms with E-state index in [4.69, 9.17) is 5.73 Å². The first-order valence-corrected chi connectivity index (χ1v) is 8.23. The number of carbonyl (C=O) groups excluding carboxylic acids is 4. The molecule has 0 radical (unpaired) electrons. The Balaban J connectivity index is 1.63. The molecule has 1 saturated heterocycles. The molecule has 0 saturated carbocycles. The summed E-state index contributed by atoms with van der Waals surface area (Å²) in [5.41, 5.74) is 6.09. The molecule has 132 valence electrons. The number of fused-ring (bicyclic) bond motifs is 1. The third kappa shape index (κ3) is 3.62. The standard InChI is InChI=1S/C17H20N4O4/c18-15(23)10-5-7-21(8-6-10)14(22)9-13-17(25)19-12-4-2-1-3-11(12)16(24)20-13/h1-4,10,13H,5-9H2,(H2,18,23)(H,19,25)(H,20,24)/t13-/m1/s1. The van der Waals surface area contributed by atoms with Gasteiger partial charge in [-0.2, -0.15) is 0 Å². The summed E-state index contributed by atoms with van der Waals surface area (Å²) in [7, 11) is 0. The Hall–Kier alpha value is -2.90. The molecular formula is C17H20N4O4. The zero-order chi connectivity index (χ0) is 18.0. The van der Waals surface area contributed by atoms with Crippen molar-refractivity contribution >= 4 is 29.3 Å². The summed E-state index contributed by atoms with van der Waals surface area (Å²) in [4.78, 5) is 49.8. The van der Waals surface area contributed by atoms with E-state index in [9.17, 15) is 19.2 Å². The van der Waals surface area contributed by atoms with Crippen LogP contribution in [0.25, 0.3) is 0 Å². The predicted octanol–water partition coefficient (Wildman–Crippen LogP) is -0.149. The van der Waals surface area contributed by atoms with Gasteiger partial charge in [0.2, 0.25) is 17.7 Å². The molecule has 1 aromatic carbocycles. The van der Waals surface area contributed by atoms with E-state index in [2.05, 4.69) is 10.6 Å². The third-order valence-electron chi connectivity index (χ3n) is 4.68. The summed E-state index contributed by atoms with van der Waals surface area (Å²) < 4.78 is 0. The fraction of sp³-hybridized carbons (Fsp3) is 0.412. The Morgan fingerprint density at radius 2 is 1.84 bits per heavy atom. The average Bonchev–Trinajstić information content (AvgIpc) is 2.72. The molecule has 3 rings (SSSR count). The molecule has 0 spiro atoms. The summed E-state index contributed by atoms with van der Waals surface area (Å²) in [6.45, 7) is 0.851. The molecule has 1 aromatic rings. The lowest BCUT2D eigenvalue weighted by atomic mass is 9.96. The summed E-state index contributed by atoms with van der Waals surface area (Å²) in [5, 5.41) is 5.29. The molecule has 0 aliphatic carbocycles. The number of likely N-dealkylation sites (tertiary alicyclic amines) is 1. The molecular weight excluding hydrogens is 324 g/mol. The number of carbonyl (C=O) groups is 4. The number of benzene rings is 1. The third-order valence-corrected chi connectivity index (χ3v) is 4.68. The first-order chi connectivity index (χ1) is 12.0. The van der Waals surface area contributed by atoms with Gasteiger partial charge in [0.25, 0.3) is 5.91 Å². The van der Waals surface area contributed by atoms with Gasteiger partial charge in [-0.1, -0.05) is 12.1 Å². The number of nitrogens with zero attached hydrogens (tertiary/aromatic N) is 1. The van der Waals surface area contributed by atoms with Crippen LogP contribution in [0.3, 0.4) is 0 Å². The van der Waals surface area contributed by atoms with Crippen LogP contribution < -0.4 is 16.4 Å². The van der Waals surface area contributed by atoms with E-state index in [1.165, 1.54) is 0 Å². The molecule has 0 aromatic heterocycles. The van der Waals surface area contributed by atoms with Crippen molar-refractivity contribution in [3.63, 3.8) is 0 Å². The first-order valence-electron chi connectivity index (χ1n) is 8.23. The molecule has 0 bridgehead atoms. The highest BCUT2D eigenvalue weighted by Gasteiger charge is 2.32. The maximum atomic E-state index is 12.5. The Bertz CT molecular complexity index is 725. The maximum absolute atomic E-state index is 12.5. The van der Waals surface area contributed by atoms with Gasteiger partial charge in [0, 0.05) is 19.0 Å². The second kappa shape index (κ2) is 6.92. The van der Waals surface area contributed by atoms with Gasteiger partial charge in [-0.05, 0) is 25.0 Å². The van der Waals surface area contributed by atoms with Gasteiger partial charge in [0.1, 0.15) is 6.04 Å². The van der Waals surface area contributed by atoms with Gasteiger partial charge in [-0.3, -0.25) is 19.2 Å². The lowest BCUT2D eigenvalue weighted by Gasteiger charge is -2.31. The lowest BCUT2D eigenvalue weighted by molar-refractivity contribution is -0.136. The van der Waals surface area contributed by atoms with Crippen molar-refractivity contribution in [1.29, 1.82) is 0 Å². The zero-order valence-electron chi connectivity index (χ0n) is 13.7. The van der Waals surface area contributed by atoms with Crippen molar-refractivity contribution in [2.75, 3.05) is 18.4 Å². The molecule has 2 heterocycles. The minimum atomic E-state index is -0.929. The number of hydrogen-bond acceptors (Lipinski definition) is 4. The van der Waals surface area contributed by atoms with E-state index in [0.29, 0.717) is 37.2 Å². The van der Waals surface area contributed by atoms with E-state index >= 15 is 0 Å². The fourth-order valence-corrected chi connectivity index (χ4v) is 3.17. The predicted molar refractivity (Wildman–Crippen MR) is 89.4 cm³/mol. The van der Waals surface area contributed by atoms with Crippen LogP contribution in [0.5, 0.6) is 0 Å². The van der Waals surface area contributed by atoms with E-state index in [1.807, 2.05) is 0 Å². The number of amides is 4. The summed E-state index contributed by atoms with van der Waals surface area (Å²) in [6.07, 6.45) is 0.929. The summed E-state index contributed by atoms with van der Waals surface area (Å²) >= 11 is 0. The monoisotopic (exact) mass is 344 g/mol. The van der Waals surface area contributed by atoms with Crippen LogP contribution in [0.2, 0.25) is 0 Å². The Labute approximate surface area is 144 Å². The van der Waals surface area contributed by atoms with Gasteiger partial charge >= 0.3 is 0 Å². The topological polar surface area (TPSA) is 122 Å². The lowest BCUT2D eigenvalue weighted by Crippen LogP contribution is -2.47. The fourth-order valence-electron chi connectivity index (χ4n) is 3.17. The number of hydrogen-bond donors (Lipinski definition) is 3. The highest BCUT2D eigenvalue weighted by atomic mass is 16.2. The van der Waals surface area contributed by atoms with Crippen molar-refractivity contribution in [2.45, 2.75) is 25.3 Å². The Kier molecular flexibility index (Phi) is 4.69. The number of anilines is 1. The second-order valence-corrected chi connectivity index (χ2v) is 6.32. The maximum Gasteiger partial charge on any atom is 0.254 e. The first kappa shape index (κ1) is 16.9. The van der Waals surface area contributed by atoms with E-state index in [0.717, 1.165) is 0 Å². The number of nitrogens with one attached hydrogen (secondary N) is 2. The van der Waals surface area contributed by atoms with Gasteiger partial charge in [0.05, 0.1) is 17.7 Å². The van der Waals surface area contributed by atoms with Crippen molar-refractivity contribution < 1.29 is 19.2 Å². The SMILES string of the molecule is NC(=O)C1CCN(C(=O)C[C@H]2NC(=O)c3ccccc3NC2=O)CC1. The molecule has 1 atom stereocenters. The highest BCUT2D eigenvalue weighted by Crippen LogP contribution is 2.21. The van der Waals surface area contributed by atoms with Crippen LogP contribution in [0, 0.1) is 5.92 Å². The van der Waals surface area contributed by atoms with Crippen molar-refractivity contribution in [1.82, 2.24) is 10.2 Å². The normalized spacial score (nSPS) is 21.0. The van der Waals surface area contributed by atoms with Crippen LogP contribution in [0.4, 0.5) is 5.69 Å². The molecule has 8 nitrogen and oxygen atoms in total. The molecule has 2 aliphatic rings. The minimum Gasteiger partial charge on any atom is -0.369 e. The molecule has 1 fully saturated rings. The van der Waals surface area contributed by atoms with E-state index in [-0.39, 0.29) is 30.1 Å². The number of nitrogens with two attached hydrogens (primary N) is 1. The van der Waals surface area contributed by atoms with Gasteiger partial charge in [-0.15, -0.1) is 0 Å². The largest absolute Gasteiger partial charge is 0.369 e. The molecule has 25 heavy (non-hydrogen) atoms. The summed E-state index contributed by atoms with van der Waals surface area (Å²) in [6, 6.07) is 5.76. The molecule has 2 aliphatic heterocycles. The number of piperidine rings is 1. The Morgan fingerprint density at radius 3 is 2.52 bits per heavy atom. The number of para-hydroxylation sites is 1. The van der Waals surface area contributed by atoms with Gasteiger partial charge in [0.15, 0.2) is 0 Å². The molecule has 4 N–H and O–H groups in total. The molecule has 8 heteroatoms. The van der Waals surface area contributed by atoms with Crippen LogP contribution >= 0.6 is 0 Å². The minimum absolute atomic E-state index is 0.118. The smallest absolute Gasteiger partial charge is 0.254 e. The van der Waals surface area contributed by atoms with Crippen LogP contribution in [0.1, 0.15) is 29.6 Å². The second-order valence-electron chi connectivity index (χ2n) is 6.32. The van der Waals surface area contributed by atoms with Crippen LogP contribution in [-0.4, -0.2) is 47.7 Å². The average molecular weight is 344 g/mol. The van der Waals surface area contributed by atoms with E-state index in [1.54, 1.807) is 29.2 Å². The van der Waals surface area contributed by atoms with Crippen molar-refractivity contribution in [3.8, 4) is 0 Å².